The summed E-state index contributed by atoms with van der Waals surface area (Å²) in [5, 5.41) is 2.75. The van der Waals surface area contributed by atoms with E-state index < -0.39 is 7.60 Å². The molecule has 0 unspecified atom stereocenters. The van der Waals surface area contributed by atoms with Crippen LogP contribution in [0.3, 0.4) is 0 Å². The van der Waals surface area contributed by atoms with Crippen molar-refractivity contribution in [2.45, 2.75) is 19.3 Å². The fourth-order valence-corrected chi connectivity index (χ4v) is 1.90. The second-order valence-electron chi connectivity index (χ2n) is 3.77. The van der Waals surface area contributed by atoms with Gasteiger partial charge >= 0.3 is 7.60 Å². The Hall–Kier alpha value is -0.670. The van der Waals surface area contributed by atoms with Crippen LogP contribution in [0.15, 0.2) is 30.3 Å². The highest BCUT2D eigenvalue weighted by Gasteiger charge is 2.10. The molecule has 1 aromatic carbocycles. The number of nitrogens with one attached hydrogen (secondary N) is 1. The smallest absolute Gasteiger partial charge is 0.324 e. The van der Waals surface area contributed by atoms with Crippen LogP contribution in [0, 0.1) is 0 Å². The molecule has 90 valence electrons. The Morgan fingerprint density at radius 1 is 1.12 bits per heavy atom. The molecule has 4 nitrogen and oxygen atoms in total. The van der Waals surface area contributed by atoms with Crippen molar-refractivity contribution < 1.29 is 14.4 Å². The van der Waals surface area contributed by atoms with E-state index in [9.17, 15) is 4.57 Å². The molecule has 1 aromatic rings. The summed E-state index contributed by atoms with van der Waals surface area (Å²) in [7, 11) is -3.88. The van der Waals surface area contributed by atoms with Gasteiger partial charge in [-0.05, 0) is 31.4 Å². The number of unbranched alkanes of at least 4 members (excludes halogenated alkanes) is 1. The molecule has 0 aliphatic carbocycles. The number of aryl methyl sites for hydroxylation is 1. The molecular weight excluding hydrogens is 225 g/mol. The average Bonchev–Trinajstić information content (AvgIpc) is 2.23. The first-order chi connectivity index (χ1) is 7.58. The molecule has 0 aliphatic heterocycles. The molecule has 0 amide bonds. The van der Waals surface area contributed by atoms with Crippen LogP contribution in [0.5, 0.6) is 0 Å². The molecule has 5 heteroatoms. The van der Waals surface area contributed by atoms with E-state index in [1.807, 2.05) is 18.2 Å². The first kappa shape index (κ1) is 13.4. The van der Waals surface area contributed by atoms with Gasteiger partial charge in [0.15, 0.2) is 0 Å². The summed E-state index contributed by atoms with van der Waals surface area (Å²) in [6, 6.07) is 10.2. The minimum Gasteiger partial charge on any atom is -0.324 e. The topological polar surface area (TPSA) is 69.6 Å². The summed E-state index contributed by atoms with van der Waals surface area (Å²) in [6.45, 7) is 0.651. The molecular formula is C11H18NO3P. The van der Waals surface area contributed by atoms with E-state index in [-0.39, 0.29) is 6.29 Å². The summed E-state index contributed by atoms with van der Waals surface area (Å²) >= 11 is 0. The van der Waals surface area contributed by atoms with Gasteiger partial charge in [0.2, 0.25) is 0 Å². The Labute approximate surface area is 95.9 Å². The summed E-state index contributed by atoms with van der Waals surface area (Å²) in [4.78, 5) is 17.2. The second kappa shape index (κ2) is 6.81. The summed E-state index contributed by atoms with van der Waals surface area (Å²) < 4.78 is 10.5. The third kappa shape index (κ3) is 6.75. The molecule has 1 rings (SSSR count). The van der Waals surface area contributed by atoms with Crippen molar-refractivity contribution >= 4 is 7.60 Å². The van der Waals surface area contributed by atoms with Gasteiger partial charge in [0, 0.05) is 0 Å². The quantitative estimate of drug-likeness (QED) is 0.504. The summed E-state index contributed by atoms with van der Waals surface area (Å²) in [6.07, 6.45) is 2.74. The lowest BCUT2D eigenvalue weighted by Crippen LogP contribution is -2.16. The van der Waals surface area contributed by atoms with Crippen LogP contribution in [-0.4, -0.2) is 22.6 Å². The monoisotopic (exact) mass is 243 g/mol. The molecule has 0 radical (unpaired) electrons. The van der Waals surface area contributed by atoms with Gasteiger partial charge in [-0.3, -0.25) is 4.57 Å². The highest BCUT2D eigenvalue weighted by Crippen LogP contribution is 2.31. The van der Waals surface area contributed by atoms with E-state index in [1.165, 1.54) is 5.56 Å². The fraction of sp³-hybridized carbons (Fsp3) is 0.455. The zero-order valence-electron chi connectivity index (χ0n) is 9.17. The van der Waals surface area contributed by atoms with Crippen molar-refractivity contribution in [1.29, 1.82) is 0 Å². The van der Waals surface area contributed by atoms with Crippen LogP contribution < -0.4 is 5.32 Å². The first-order valence-corrected chi connectivity index (χ1v) is 7.17. The molecule has 0 heterocycles. The Kier molecular flexibility index (Phi) is 5.71. The summed E-state index contributed by atoms with van der Waals surface area (Å²) in [5.41, 5.74) is 1.30. The third-order valence-electron chi connectivity index (χ3n) is 2.23. The highest BCUT2D eigenvalue weighted by atomic mass is 31.2. The van der Waals surface area contributed by atoms with Crippen LogP contribution in [0.2, 0.25) is 0 Å². The van der Waals surface area contributed by atoms with Gasteiger partial charge < -0.3 is 15.1 Å². The van der Waals surface area contributed by atoms with Crippen LogP contribution in [-0.2, 0) is 11.0 Å². The van der Waals surface area contributed by atoms with Crippen LogP contribution in [0.4, 0.5) is 0 Å². The lowest BCUT2D eigenvalue weighted by Gasteiger charge is -2.06. The van der Waals surface area contributed by atoms with Crippen molar-refractivity contribution in [2.24, 2.45) is 0 Å². The van der Waals surface area contributed by atoms with E-state index in [0.717, 1.165) is 19.3 Å². The normalized spacial score (nSPS) is 11.6. The second-order valence-corrected chi connectivity index (χ2v) is 5.41. The maximum absolute atomic E-state index is 10.5. The minimum absolute atomic E-state index is 0.224. The predicted octanol–water partition coefficient (Wildman–Crippen LogP) is 1.73. The molecule has 16 heavy (non-hydrogen) atoms. The highest BCUT2D eigenvalue weighted by molar-refractivity contribution is 7.51. The third-order valence-corrected chi connectivity index (χ3v) is 2.87. The fourth-order valence-electron chi connectivity index (χ4n) is 1.45. The maximum atomic E-state index is 10.5. The van der Waals surface area contributed by atoms with E-state index in [2.05, 4.69) is 17.4 Å². The van der Waals surface area contributed by atoms with Crippen molar-refractivity contribution in [2.75, 3.05) is 12.8 Å². The molecule has 0 atom stereocenters. The lowest BCUT2D eigenvalue weighted by molar-refractivity contribution is 0.367. The molecule has 0 aromatic heterocycles. The molecule has 0 bridgehead atoms. The Bertz CT molecular complexity index is 336. The molecule has 0 spiro atoms. The molecule has 3 N–H and O–H groups in total. The largest absolute Gasteiger partial charge is 0.339 e. The summed E-state index contributed by atoms with van der Waals surface area (Å²) in [5.74, 6) is 0. The molecule has 0 saturated heterocycles. The molecule has 0 fully saturated rings. The van der Waals surface area contributed by atoms with Crippen LogP contribution >= 0.6 is 7.60 Å². The van der Waals surface area contributed by atoms with Crippen molar-refractivity contribution in [3.05, 3.63) is 35.9 Å². The molecule has 0 aliphatic rings. The van der Waals surface area contributed by atoms with Crippen molar-refractivity contribution in [3.8, 4) is 0 Å². The van der Waals surface area contributed by atoms with Gasteiger partial charge in [0.05, 0.1) is 6.29 Å². The number of rotatable bonds is 7. The Morgan fingerprint density at radius 2 is 1.81 bits per heavy atom. The minimum atomic E-state index is -3.88. The van der Waals surface area contributed by atoms with E-state index in [0.29, 0.717) is 6.54 Å². The van der Waals surface area contributed by atoms with Gasteiger partial charge in [-0.25, -0.2) is 0 Å². The number of benzene rings is 1. The molecule has 0 saturated carbocycles. The SMILES string of the molecule is O=P(O)(O)CNCCCCc1ccccc1. The van der Waals surface area contributed by atoms with E-state index in [4.69, 9.17) is 9.79 Å². The van der Waals surface area contributed by atoms with Gasteiger partial charge in [-0.15, -0.1) is 0 Å². The van der Waals surface area contributed by atoms with Crippen molar-refractivity contribution in [1.82, 2.24) is 5.32 Å². The van der Waals surface area contributed by atoms with Crippen molar-refractivity contribution in [3.63, 3.8) is 0 Å². The maximum Gasteiger partial charge on any atom is 0.339 e. The number of hydrogen-bond acceptors (Lipinski definition) is 2. The zero-order valence-corrected chi connectivity index (χ0v) is 10.1. The van der Waals surface area contributed by atoms with E-state index >= 15 is 0 Å². The lowest BCUT2D eigenvalue weighted by atomic mass is 10.1. The first-order valence-electron chi connectivity index (χ1n) is 5.37. The average molecular weight is 243 g/mol. The van der Waals surface area contributed by atoms with Gasteiger partial charge in [-0.1, -0.05) is 30.3 Å². The van der Waals surface area contributed by atoms with Crippen LogP contribution in [0.25, 0.3) is 0 Å². The van der Waals surface area contributed by atoms with E-state index in [1.54, 1.807) is 0 Å². The predicted molar refractivity (Wildman–Crippen MR) is 64.3 cm³/mol. The zero-order chi connectivity index (χ0) is 11.9. The Balaban J connectivity index is 2.03. The van der Waals surface area contributed by atoms with Gasteiger partial charge in [0.1, 0.15) is 0 Å². The van der Waals surface area contributed by atoms with Gasteiger partial charge in [0.25, 0.3) is 0 Å². The van der Waals surface area contributed by atoms with Gasteiger partial charge in [-0.2, -0.15) is 0 Å². The van der Waals surface area contributed by atoms with Crippen LogP contribution in [0.1, 0.15) is 18.4 Å². The standard InChI is InChI=1S/C11H18NO3P/c13-16(14,15)10-12-9-5-4-8-11-6-2-1-3-7-11/h1-3,6-7,12H,4-5,8-10H2,(H2,13,14,15). The Morgan fingerprint density at radius 3 is 2.44 bits per heavy atom. The number of hydrogen-bond donors (Lipinski definition) is 3.